The Morgan fingerprint density at radius 3 is 2.57 bits per heavy atom. The number of hydrogen-bond acceptors (Lipinski definition) is 3. The summed E-state index contributed by atoms with van der Waals surface area (Å²) in [6.45, 7) is 1.56. The van der Waals surface area contributed by atoms with Crippen molar-refractivity contribution in [3.63, 3.8) is 0 Å². The van der Waals surface area contributed by atoms with Crippen LogP contribution in [-0.4, -0.2) is 28.4 Å². The fraction of sp³-hybridized carbons (Fsp3) is 0.333. The molecule has 0 fully saturated rings. The Kier molecular flexibility index (Phi) is 6.00. The van der Waals surface area contributed by atoms with Gasteiger partial charge in [-0.3, -0.25) is 9.59 Å². The fourth-order valence-corrected chi connectivity index (χ4v) is 3.52. The molecule has 0 atom stereocenters. The summed E-state index contributed by atoms with van der Waals surface area (Å²) in [6, 6.07) is 6.95. The van der Waals surface area contributed by atoms with Gasteiger partial charge < -0.3 is 13.9 Å². The first-order valence-corrected chi connectivity index (χ1v) is 9.23. The number of hydrogen-bond donors (Lipinski definition) is 0. The molecule has 0 saturated heterocycles. The molecule has 0 aliphatic carbocycles. The van der Waals surface area contributed by atoms with Crippen LogP contribution in [0.4, 0.5) is 17.6 Å². The highest BCUT2D eigenvalue weighted by molar-refractivity contribution is 5.98. The Morgan fingerprint density at radius 1 is 1.17 bits per heavy atom. The number of methoxy groups -OCH3 is 1. The lowest BCUT2D eigenvalue weighted by atomic mass is 10.0. The quantitative estimate of drug-likeness (QED) is 0.435. The second-order valence-electron chi connectivity index (χ2n) is 6.95. The molecule has 2 heterocycles. The van der Waals surface area contributed by atoms with Crippen LogP contribution in [0.1, 0.15) is 18.5 Å². The van der Waals surface area contributed by atoms with Crippen LogP contribution in [0.15, 0.2) is 41.3 Å². The van der Waals surface area contributed by atoms with Crippen LogP contribution in [0, 0.1) is 12.7 Å². The largest absolute Gasteiger partial charge is 0.468 e. The van der Waals surface area contributed by atoms with E-state index in [4.69, 9.17) is 4.74 Å². The predicted molar refractivity (Wildman–Crippen MR) is 104 cm³/mol. The first-order chi connectivity index (χ1) is 14.1. The fourth-order valence-electron chi connectivity index (χ4n) is 3.52. The van der Waals surface area contributed by atoms with E-state index in [1.165, 1.54) is 42.1 Å². The minimum Gasteiger partial charge on any atom is -0.468 e. The van der Waals surface area contributed by atoms with Crippen LogP contribution in [0.5, 0.6) is 0 Å². The Balaban J connectivity index is 2.09. The van der Waals surface area contributed by atoms with E-state index in [1.807, 2.05) is 0 Å². The number of aromatic nitrogens is 2. The zero-order valence-corrected chi connectivity index (χ0v) is 16.4. The Bertz CT molecular complexity index is 1150. The van der Waals surface area contributed by atoms with Crippen molar-refractivity contribution in [3.8, 4) is 11.1 Å². The lowest BCUT2D eigenvalue weighted by Gasteiger charge is -2.11. The highest BCUT2D eigenvalue weighted by Crippen LogP contribution is 2.35. The topological polar surface area (TPSA) is 53.2 Å². The molecule has 5 nitrogen and oxygen atoms in total. The number of carbonyl (C=O) groups excluding carboxylic acids is 1. The molecule has 0 N–H and O–H groups in total. The zero-order chi connectivity index (χ0) is 22.1. The second-order valence-corrected chi connectivity index (χ2v) is 6.95. The van der Waals surface area contributed by atoms with Crippen LogP contribution >= 0.6 is 0 Å². The maximum atomic E-state index is 14.0. The number of carbonyl (C=O) groups is 1. The Morgan fingerprint density at radius 2 is 1.90 bits per heavy atom. The standard InChI is InChI=1S/C21H20F4N2O3/c1-13-20(14-4-7-18(28)26(11-14)9-3-8-21(23,24)25)16-10-15(22)5-6-17(16)27(13)12-19(29)30-2/h4-7,10-11H,3,8-9,12H2,1-2H3. The van der Waals surface area contributed by atoms with E-state index in [0.29, 0.717) is 27.7 Å². The van der Waals surface area contributed by atoms with Crippen LogP contribution in [0.3, 0.4) is 0 Å². The van der Waals surface area contributed by atoms with E-state index in [9.17, 15) is 27.2 Å². The van der Waals surface area contributed by atoms with Crippen LogP contribution in [-0.2, 0) is 22.6 Å². The molecule has 30 heavy (non-hydrogen) atoms. The Hall–Kier alpha value is -3.10. The molecule has 1 aromatic carbocycles. The van der Waals surface area contributed by atoms with Crippen molar-refractivity contribution >= 4 is 16.9 Å². The summed E-state index contributed by atoms with van der Waals surface area (Å²) in [5, 5.41) is 0.525. The van der Waals surface area contributed by atoms with Crippen LogP contribution in [0.25, 0.3) is 22.0 Å². The van der Waals surface area contributed by atoms with E-state index < -0.39 is 29.9 Å². The third-order valence-corrected chi connectivity index (χ3v) is 4.93. The third-order valence-electron chi connectivity index (χ3n) is 4.93. The van der Waals surface area contributed by atoms with Gasteiger partial charge in [-0.1, -0.05) is 0 Å². The highest BCUT2D eigenvalue weighted by atomic mass is 19.4. The van der Waals surface area contributed by atoms with Gasteiger partial charge in [0.15, 0.2) is 0 Å². The number of benzene rings is 1. The molecule has 0 aliphatic heterocycles. The van der Waals surface area contributed by atoms with Crippen LogP contribution in [0.2, 0.25) is 0 Å². The molecule has 0 bridgehead atoms. The zero-order valence-electron chi connectivity index (χ0n) is 16.4. The summed E-state index contributed by atoms with van der Waals surface area (Å²) in [6.07, 6.45) is -4.05. The van der Waals surface area contributed by atoms with E-state index >= 15 is 0 Å². The summed E-state index contributed by atoms with van der Waals surface area (Å²) in [4.78, 5) is 23.9. The molecule has 0 aliphatic rings. The molecule has 2 aromatic heterocycles. The van der Waals surface area contributed by atoms with Gasteiger partial charge in [-0.2, -0.15) is 13.2 Å². The first-order valence-electron chi connectivity index (χ1n) is 9.23. The molecule has 0 saturated carbocycles. The molecular formula is C21H20F4N2O3. The van der Waals surface area contributed by atoms with Crippen molar-refractivity contribution in [2.45, 2.75) is 39.0 Å². The van der Waals surface area contributed by atoms with E-state index in [0.717, 1.165) is 0 Å². The van der Waals surface area contributed by atoms with Crippen molar-refractivity contribution < 1.29 is 27.1 Å². The number of nitrogens with zero attached hydrogens (tertiary/aromatic N) is 2. The molecule has 0 unspecified atom stereocenters. The summed E-state index contributed by atoms with van der Waals surface area (Å²) in [5.41, 5.74) is 1.95. The maximum Gasteiger partial charge on any atom is 0.389 e. The SMILES string of the molecule is COC(=O)Cn1c(C)c(-c2ccc(=O)n(CCCC(F)(F)F)c2)c2cc(F)ccc21. The van der Waals surface area contributed by atoms with Gasteiger partial charge in [0.25, 0.3) is 5.56 Å². The number of rotatable bonds is 6. The van der Waals surface area contributed by atoms with Gasteiger partial charge in [-0.25, -0.2) is 4.39 Å². The summed E-state index contributed by atoms with van der Waals surface area (Å²) in [5.74, 6) is -0.958. The van der Waals surface area contributed by atoms with Gasteiger partial charge in [0.05, 0.1) is 7.11 Å². The number of aryl methyl sites for hydroxylation is 1. The molecule has 0 amide bonds. The lowest BCUT2D eigenvalue weighted by Crippen LogP contribution is -2.20. The maximum absolute atomic E-state index is 14.0. The van der Waals surface area contributed by atoms with Crippen molar-refractivity contribution in [1.82, 2.24) is 9.13 Å². The van der Waals surface area contributed by atoms with Crippen molar-refractivity contribution in [1.29, 1.82) is 0 Å². The number of halogens is 4. The lowest BCUT2D eigenvalue weighted by molar-refractivity contribution is -0.141. The molecule has 0 spiro atoms. The van der Waals surface area contributed by atoms with Gasteiger partial charge in [0, 0.05) is 53.0 Å². The number of alkyl halides is 3. The normalized spacial score (nSPS) is 11.8. The number of esters is 1. The molecular weight excluding hydrogens is 404 g/mol. The Labute approximate surface area is 169 Å². The van der Waals surface area contributed by atoms with Gasteiger partial charge in [-0.05, 0) is 37.6 Å². The van der Waals surface area contributed by atoms with E-state index in [-0.39, 0.29) is 19.5 Å². The second kappa shape index (κ2) is 8.33. The molecule has 3 aromatic rings. The first kappa shape index (κ1) is 21.6. The monoisotopic (exact) mass is 424 g/mol. The van der Waals surface area contributed by atoms with Crippen molar-refractivity contribution in [2.75, 3.05) is 7.11 Å². The molecule has 0 radical (unpaired) electrons. The van der Waals surface area contributed by atoms with E-state index in [2.05, 4.69) is 0 Å². The smallest absolute Gasteiger partial charge is 0.389 e. The number of ether oxygens (including phenoxy) is 1. The van der Waals surface area contributed by atoms with Gasteiger partial charge in [0.2, 0.25) is 0 Å². The van der Waals surface area contributed by atoms with Gasteiger partial charge in [-0.15, -0.1) is 0 Å². The third kappa shape index (κ3) is 4.55. The summed E-state index contributed by atoms with van der Waals surface area (Å²) >= 11 is 0. The number of fused-ring (bicyclic) bond motifs is 1. The van der Waals surface area contributed by atoms with Crippen LogP contribution < -0.4 is 5.56 Å². The summed E-state index contributed by atoms with van der Waals surface area (Å²) in [7, 11) is 1.26. The summed E-state index contributed by atoms with van der Waals surface area (Å²) < 4.78 is 58.9. The highest BCUT2D eigenvalue weighted by Gasteiger charge is 2.26. The molecule has 9 heteroatoms. The van der Waals surface area contributed by atoms with Crippen molar-refractivity contribution in [3.05, 3.63) is 58.4 Å². The van der Waals surface area contributed by atoms with E-state index in [1.54, 1.807) is 17.6 Å². The van der Waals surface area contributed by atoms with Crippen molar-refractivity contribution in [2.24, 2.45) is 0 Å². The molecule has 160 valence electrons. The van der Waals surface area contributed by atoms with Gasteiger partial charge in [0.1, 0.15) is 12.4 Å². The molecule has 3 rings (SSSR count). The minimum absolute atomic E-state index is 0.0876. The average molecular weight is 424 g/mol. The minimum atomic E-state index is -4.29. The average Bonchev–Trinajstić information content (AvgIpc) is 2.93. The van der Waals surface area contributed by atoms with Gasteiger partial charge >= 0.3 is 12.1 Å². The predicted octanol–water partition coefficient (Wildman–Crippen LogP) is 4.43. The number of pyridine rings is 1.